The molecule has 0 atom stereocenters. The zero-order valence-corrected chi connectivity index (χ0v) is 12.5. The highest BCUT2D eigenvalue weighted by Crippen LogP contribution is 2.26. The van der Waals surface area contributed by atoms with Crippen LogP contribution in [0.15, 0.2) is 22.7 Å². The molecule has 0 radical (unpaired) electrons. The number of rotatable bonds is 4. The van der Waals surface area contributed by atoms with Gasteiger partial charge in [0.2, 0.25) is 0 Å². The zero-order chi connectivity index (χ0) is 13.0. The van der Waals surface area contributed by atoms with Gasteiger partial charge in [0.25, 0.3) is 0 Å². The summed E-state index contributed by atoms with van der Waals surface area (Å²) in [5.41, 5.74) is 1.18. The molecule has 0 N–H and O–H groups in total. The van der Waals surface area contributed by atoms with E-state index in [2.05, 4.69) is 27.8 Å². The Morgan fingerprint density at radius 2 is 2.00 bits per heavy atom. The van der Waals surface area contributed by atoms with E-state index in [1.54, 1.807) is 12.1 Å². The lowest BCUT2D eigenvalue weighted by atomic mass is 9.94. The second-order valence-corrected chi connectivity index (χ2v) is 5.94. The summed E-state index contributed by atoms with van der Waals surface area (Å²) >= 11 is 3.46. The topological polar surface area (TPSA) is 3.24 Å². The number of benzene rings is 1. The van der Waals surface area contributed by atoms with E-state index < -0.39 is 0 Å². The molecule has 0 bridgehead atoms. The lowest BCUT2D eigenvalue weighted by Gasteiger charge is -2.33. The van der Waals surface area contributed by atoms with Crippen LogP contribution in [0.5, 0.6) is 0 Å². The molecule has 0 aliphatic heterocycles. The van der Waals surface area contributed by atoms with Crippen molar-refractivity contribution in [1.29, 1.82) is 0 Å². The molecule has 0 amide bonds. The normalized spacial score (nSPS) is 17.3. The standard InChI is InChI=1S/C15H21BrFN/c1-2-18(14-6-4-3-5-7-14)11-12-8-9-13(17)10-15(12)16/h8-10,14H,2-7,11H2,1H3. The minimum Gasteiger partial charge on any atom is -0.296 e. The Morgan fingerprint density at radius 3 is 2.61 bits per heavy atom. The summed E-state index contributed by atoms with van der Waals surface area (Å²) in [7, 11) is 0. The monoisotopic (exact) mass is 313 g/mol. The molecule has 0 saturated heterocycles. The molecule has 1 aliphatic carbocycles. The van der Waals surface area contributed by atoms with Gasteiger partial charge < -0.3 is 0 Å². The van der Waals surface area contributed by atoms with E-state index >= 15 is 0 Å². The highest BCUT2D eigenvalue weighted by Gasteiger charge is 2.20. The van der Waals surface area contributed by atoms with Gasteiger partial charge in [0, 0.05) is 17.1 Å². The highest BCUT2D eigenvalue weighted by atomic mass is 79.9. The van der Waals surface area contributed by atoms with Gasteiger partial charge >= 0.3 is 0 Å². The van der Waals surface area contributed by atoms with Crippen molar-refractivity contribution in [2.45, 2.75) is 51.6 Å². The molecule has 1 saturated carbocycles. The summed E-state index contributed by atoms with van der Waals surface area (Å²) in [5.74, 6) is -0.175. The molecule has 100 valence electrons. The first kappa shape index (κ1) is 14.0. The fourth-order valence-corrected chi connectivity index (χ4v) is 3.29. The third-order valence-electron chi connectivity index (χ3n) is 3.89. The van der Waals surface area contributed by atoms with Crippen LogP contribution in [0.4, 0.5) is 4.39 Å². The van der Waals surface area contributed by atoms with Crippen LogP contribution in [-0.4, -0.2) is 17.5 Å². The molecule has 1 nitrogen and oxygen atoms in total. The minimum absolute atomic E-state index is 0.175. The van der Waals surface area contributed by atoms with Crippen molar-refractivity contribution in [2.24, 2.45) is 0 Å². The van der Waals surface area contributed by atoms with Crippen LogP contribution in [0.25, 0.3) is 0 Å². The first-order valence-corrected chi connectivity index (χ1v) is 7.68. The van der Waals surface area contributed by atoms with Crippen LogP contribution < -0.4 is 0 Å². The Bertz CT molecular complexity index is 388. The smallest absolute Gasteiger partial charge is 0.124 e. The summed E-state index contributed by atoms with van der Waals surface area (Å²) in [4.78, 5) is 2.52. The van der Waals surface area contributed by atoms with E-state index in [0.717, 1.165) is 17.6 Å². The average molecular weight is 314 g/mol. The first-order chi connectivity index (χ1) is 8.70. The van der Waals surface area contributed by atoms with Crippen molar-refractivity contribution in [1.82, 2.24) is 4.90 Å². The van der Waals surface area contributed by atoms with Crippen LogP contribution in [0.1, 0.15) is 44.6 Å². The predicted molar refractivity (Wildman–Crippen MR) is 77.1 cm³/mol. The van der Waals surface area contributed by atoms with E-state index in [4.69, 9.17) is 0 Å². The fourth-order valence-electron chi connectivity index (χ4n) is 2.81. The van der Waals surface area contributed by atoms with Gasteiger partial charge in [-0.25, -0.2) is 4.39 Å². The summed E-state index contributed by atoms with van der Waals surface area (Å²) in [6.45, 7) is 4.20. The molecule has 1 aromatic rings. The summed E-state index contributed by atoms with van der Waals surface area (Å²) in [6, 6.07) is 5.71. The van der Waals surface area contributed by atoms with Gasteiger partial charge in [0.15, 0.2) is 0 Å². The molecular weight excluding hydrogens is 293 g/mol. The van der Waals surface area contributed by atoms with Gasteiger partial charge in [0.1, 0.15) is 5.82 Å². The number of nitrogens with zero attached hydrogens (tertiary/aromatic N) is 1. The molecular formula is C15H21BrFN. The second kappa shape index (κ2) is 6.67. The zero-order valence-electron chi connectivity index (χ0n) is 11.0. The van der Waals surface area contributed by atoms with E-state index in [-0.39, 0.29) is 5.82 Å². The average Bonchev–Trinajstić information content (AvgIpc) is 2.39. The Kier molecular flexibility index (Phi) is 5.19. The van der Waals surface area contributed by atoms with Gasteiger partial charge in [0.05, 0.1) is 0 Å². The molecule has 2 rings (SSSR count). The Labute approximate surface area is 118 Å². The van der Waals surface area contributed by atoms with Crippen LogP contribution in [-0.2, 0) is 6.54 Å². The van der Waals surface area contributed by atoms with E-state index in [9.17, 15) is 4.39 Å². The van der Waals surface area contributed by atoms with E-state index in [1.807, 2.05) is 6.07 Å². The summed E-state index contributed by atoms with van der Waals surface area (Å²) < 4.78 is 14.0. The summed E-state index contributed by atoms with van der Waals surface area (Å²) in [6.07, 6.45) is 6.71. The molecule has 1 aliphatic rings. The lowest BCUT2D eigenvalue weighted by molar-refractivity contribution is 0.155. The number of hydrogen-bond donors (Lipinski definition) is 0. The van der Waals surface area contributed by atoms with Crippen molar-refractivity contribution >= 4 is 15.9 Å². The van der Waals surface area contributed by atoms with Gasteiger partial charge in [-0.3, -0.25) is 4.90 Å². The Balaban J connectivity index is 2.04. The third kappa shape index (κ3) is 3.55. The maximum Gasteiger partial charge on any atom is 0.124 e. The van der Waals surface area contributed by atoms with E-state index in [1.165, 1.54) is 37.7 Å². The Morgan fingerprint density at radius 1 is 1.28 bits per heavy atom. The minimum atomic E-state index is -0.175. The van der Waals surface area contributed by atoms with Crippen LogP contribution in [0.2, 0.25) is 0 Å². The van der Waals surface area contributed by atoms with Gasteiger partial charge in [-0.1, -0.05) is 48.2 Å². The van der Waals surface area contributed by atoms with Crippen LogP contribution >= 0.6 is 15.9 Å². The number of hydrogen-bond acceptors (Lipinski definition) is 1. The van der Waals surface area contributed by atoms with Crippen molar-refractivity contribution in [3.63, 3.8) is 0 Å². The highest BCUT2D eigenvalue weighted by molar-refractivity contribution is 9.10. The molecule has 18 heavy (non-hydrogen) atoms. The number of halogens is 2. The quantitative estimate of drug-likeness (QED) is 0.776. The fraction of sp³-hybridized carbons (Fsp3) is 0.600. The molecule has 3 heteroatoms. The first-order valence-electron chi connectivity index (χ1n) is 6.88. The van der Waals surface area contributed by atoms with Crippen molar-refractivity contribution in [3.8, 4) is 0 Å². The molecule has 1 aromatic carbocycles. The van der Waals surface area contributed by atoms with Crippen molar-refractivity contribution in [3.05, 3.63) is 34.1 Å². The predicted octanol–water partition coefficient (Wildman–Crippen LogP) is 4.74. The molecule has 0 spiro atoms. The lowest BCUT2D eigenvalue weighted by Crippen LogP contribution is -2.36. The molecule has 0 heterocycles. The van der Waals surface area contributed by atoms with Gasteiger partial charge in [-0.15, -0.1) is 0 Å². The second-order valence-electron chi connectivity index (χ2n) is 5.09. The molecule has 0 unspecified atom stereocenters. The van der Waals surface area contributed by atoms with Crippen LogP contribution in [0, 0.1) is 5.82 Å². The van der Waals surface area contributed by atoms with E-state index in [0.29, 0.717) is 6.04 Å². The van der Waals surface area contributed by atoms with Gasteiger partial charge in [-0.2, -0.15) is 0 Å². The van der Waals surface area contributed by atoms with Crippen molar-refractivity contribution < 1.29 is 4.39 Å². The molecule has 1 fully saturated rings. The van der Waals surface area contributed by atoms with Gasteiger partial charge in [-0.05, 0) is 37.1 Å². The van der Waals surface area contributed by atoms with Crippen molar-refractivity contribution in [2.75, 3.05) is 6.54 Å². The largest absolute Gasteiger partial charge is 0.296 e. The SMILES string of the molecule is CCN(Cc1ccc(F)cc1Br)C1CCCCC1. The summed E-state index contributed by atoms with van der Waals surface area (Å²) in [5, 5.41) is 0. The third-order valence-corrected chi connectivity index (χ3v) is 4.62. The maximum absolute atomic E-state index is 13.1. The van der Waals surface area contributed by atoms with Crippen LogP contribution in [0.3, 0.4) is 0 Å². The Hall–Kier alpha value is -0.410. The maximum atomic E-state index is 13.1. The molecule has 0 aromatic heterocycles.